The minimum Gasteiger partial charge on any atom is -0.868 e. The van der Waals surface area contributed by atoms with Crippen LogP contribution in [0.1, 0.15) is 11.1 Å². The van der Waals surface area contributed by atoms with Gasteiger partial charge in [-0.1, -0.05) is 42.5 Å². The van der Waals surface area contributed by atoms with Gasteiger partial charge in [0.05, 0.1) is 4.92 Å². The first-order chi connectivity index (χ1) is 8.16. The van der Waals surface area contributed by atoms with Crippen LogP contribution in [0.2, 0.25) is 0 Å². The van der Waals surface area contributed by atoms with E-state index < -0.39 is 10.7 Å². The standard InChI is InChI=1S/C13H11NO3/c15-13-7-6-11(9-12(13)14(16)17)8-10-4-2-1-3-5-10/h1-7,9,15H,8H2/p-1. The Labute approximate surface area is 98.3 Å². The Bertz CT molecular complexity index is 538. The van der Waals surface area contributed by atoms with Gasteiger partial charge in [0.15, 0.2) is 0 Å². The first-order valence-electron chi connectivity index (χ1n) is 5.15. The smallest absolute Gasteiger partial charge is 0.261 e. The molecule has 17 heavy (non-hydrogen) atoms. The zero-order chi connectivity index (χ0) is 12.3. The van der Waals surface area contributed by atoms with Gasteiger partial charge in [0, 0.05) is 6.07 Å². The second kappa shape index (κ2) is 4.65. The molecule has 4 heteroatoms. The third-order valence-electron chi connectivity index (χ3n) is 2.47. The summed E-state index contributed by atoms with van der Waals surface area (Å²) in [6.07, 6.45) is 0.585. The SMILES string of the molecule is O=[N+]([O-])c1cc(Cc2ccccc2)ccc1[O-]. The van der Waals surface area contributed by atoms with Crippen molar-refractivity contribution >= 4 is 5.69 Å². The molecule has 0 aromatic heterocycles. The zero-order valence-corrected chi connectivity index (χ0v) is 9.00. The minimum absolute atomic E-state index is 0.363. The third-order valence-corrected chi connectivity index (χ3v) is 2.47. The van der Waals surface area contributed by atoms with Crippen molar-refractivity contribution in [3.63, 3.8) is 0 Å². The molecule has 0 aliphatic carbocycles. The van der Waals surface area contributed by atoms with Gasteiger partial charge in [0.2, 0.25) is 0 Å². The van der Waals surface area contributed by atoms with Crippen LogP contribution >= 0.6 is 0 Å². The van der Waals surface area contributed by atoms with Crippen molar-refractivity contribution in [2.75, 3.05) is 0 Å². The molecule has 2 aromatic rings. The fraction of sp³-hybridized carbons (Fsp3) is 0.0769. The van der Waals surface area contributed by atoms with Crippen LogP contribution in [0.15, 0.2) is 48.5 Å². The highest BCUT2D eigenvalue weighted by molar-refractivity contribution is 5.47. The van der Waals surface area contributed by atoms with Gasteiger partial charge in [-0.15, -0.1) is 0 Å². The zero-order valence-electron chi connectivity index (χ0n) is 9.00. The molecule has 0 amide bonds. The van der Waals surface area contributed by atoms with Crippen LogP contribution in [-0.4, -0.2) is 4.92 Å². The van der Waals surface area contributed by atoms with E-state index in [1.807, 2.05) is 30.3 Å². The Morgan fingerprint density at radius 1 is 1.00 bits per heavy atom. The van der Waals surface area contributed by atoms with Crippen LogP contribution in [0.5, 0.6) is 5.75 Å². The highest BCUT2D eigenvalue weighted by atomic mass is 16.6. The molecule has 0 heterocycles. The van der Waals surface area contributed by atoms with Crippen LogP contribution < -0.4 is 5.11 Å². The van der Waals surface area contributed by atoms with E-state index in [2.05, 4.69) is 0 Å². The fourth-order valence-electron chi connectivity index (χ4n) is 1.65. The molecule has 0 saturated carbocycles. The van der Waals surface area contributed by atoms with Crippen LogP contribution in [-0.2, 0) is 6.42 Å². The Morgan fingerprint density at radius 3 is 2.35 bits per heavy atom. The molecule has 0 bridgehead atoms. The lowest BCUT2D eigenvalue weighted by Crippen LogP contribution is -1.99. The molecule has 2 rings (SSSR count). The molecule has 0 radical (unpaired) electrons. The molecule has 2 aromatic carbocycles. The van der Waals surface area contributed by atoms with Crippen LogP contribution in [0.3, 0.4) is 0 Å². The minimum atomic E-state index is -0.642. The predicted molar refractivity (Wildman–Crippen MR) is 61.8 cm³/mol. The quantitative estimate of drug-likeness (QED) is 0.597. The van der Waals surface area contributed by atoms with E-state index in [4.69, 9.17) is 0 Å². The lowest BCUT2D eigenvalue weighted by molar-refractivity contribution is -0.398. The Morgan fingerprint density at radius 2 is 1.71 bits per heavy atom. The molecule has 0 spiro atoms. The molecule has 0 N–H and O–H groups in total. The summed E-state index contributed by atoms with van der Waals surface area (Å²) in [6, 6.07) is 13.8. The van der Waals surface area contributed by atoms with Crippen LogP contribution in [0.4, 0.5) is 5.69 Å². The molecule has 86 valence electrons. The molecular weight excluding hydrogens is 218 g/mol. The lowest BCUT2D eigenvalue weighted by atomic mass is 10.0. The molecule has 0 fully saturated rings. The summed E-state index contributed by atoms with van der Waals surface area (Å²) in [5, 5.41) is 21.9. The van der Waals surface area contributed by atoms with Crippen molar-refractivity contribution in [3.05, 3.63) is 69.8 Å². The van der Waals surface area contributed by atoms with Gasteiger partial charge in [-0.3, -0.25) is 10.1 Å². The van der Waals surface area contributed by atoms with Gasteiger partial charge in [-0.25, -0.2) is 0 Å². The van der Waals surface area contributed by atoms with Crippen molar-refractivity contribution in [2.24, 2.45) is 0 Å². The lowest BCUT2D eigenvalue weighted by Gasteiger charge is -2.08. The van der Waals surface area contributed by atoms with Gasteiger partial charge in [-0.05, 0) is 23.3 Å². The van der Waals surface area contributed by atoms with Crippen molar-refractivity contribution in [2.45, 2.75) is 6.42 Å². The number of hydrogen-bond donors (Lipinski definition) is 0. The monoisotopic (exact) mass is 228 g/mol. The van der Waals surface area contributed by atoms with E-state index in [-0.39, 0.29) is 5.69 Å². The van der Waals surface area contributed by atoms with Crippen LogP contribution in [0, 0.1) is 10.1 Å². The van der Waals surface area contributed by atoms with Crippen molar-refractivity contribution in [1.82, 2.24) is 0 Å². The van der Waals surface area contributed by atoms with Crippen molar-refractivity contribution < 1.29 is 10.0 Å². The molecule has 0 aliphatic heterocycles. The van der Waals surface area contributed by atoms with E-state index >= 15 is 0 Å². The van der Waals surface area contributed by atoms with Gasteiger partial charge in [0.25, 0.3) is 5.69 Å². The molecule has 4 nitrogen and oxygen atoms in total. The number of benzene rings is 2. The number of nitro benzene ring substituents is 1. The number of hydrogen-bond acceptors (Lipinski definition) is 3. The van der Waals surface area contributed by atoms with Gasteiger partial charge < -0.3 is 5.11 Å². The normalized spacial score (nSPS) is 10.1. The third kappa shape index (κ3) is 2.60. The van der Waals surface area contributed by atoms with Crippen molar-refractivity contribution in [3.8, 4) is 5.75 Å². The van der Waals surface area contributed by atoms with Crippen molar-refractivity contribution in [1.29, 1.82) is 0 Å². The Kier molecular flexibility index (Phi) is 3.05. The summed E-state index contributed by atoms with van der Waals surface area (Å²) in [4.78, 5) is 9.99. The van der Waals surface area contributed by atoms with E-state index in [9.17, 15) is 15.2 Å². The predicted octanol–water partition coefficient (Wildman–Crippen LogP) is 2.26. The molecule has 0 saturated heterocycles. The van der Waals surface area contributed by atoms with E-state index in [1.54, 1.807) is 6.07 Å². The molecular formula is C13H10NO3-. The van der Waals surface area contributed by atoms with Gasteiger partial charge in [0.1, 0.15) is 0 Å². The van der Waals surface area contributed by atoms with Crippen LogP contribution in [0.25, 0.3) is 0 Å². The van der Waals surface area contributed by atoms with Gasteiger partial charge in [-0.2, -0.15) is 0 Å². The topological polar surface area (TPSA) is 66.2 Å². The summed E-state index contributed by atoms with van der Waals surface area (Å²) >= 11 is 0. The Balaban J connectivity index is 2.29. The maximum atomic E-state index is 11.2. The van der Waals surface area contributed by atoms with Gasteiger partial charge >= 0.3 is 0 Å². The number of nitro groups is 1. The first kappa shape index (κ1) is 11.1. The average molecular weight is 228 g/mol. The molecule has 0 aliphatic rings. The maximum Gasteiger partial charge on any atom is 0.261 e. The summed E-state index contributed by atoms with van der Waals surface area (Å²) in [5.74, 6) is -0.549. The number of nitrogens with zero attached hydrogens (tertiary/aromatic N) is 1. The second-order valence-electron chi connectivity index (χ2n) is 3.72. The van der Waals surface area contributed by atoms with E-state index in [0.29, 0.717) is 6.42 Å². The number of rotatable bonds is 3. The molecule has 0 unspecified atom stereocenters. The summed E-state index contributed by atoms with van der Waals surface area (Å²) < 4.78 is 0. The summed E-state index contributed by atoms with van der Waals surface area (Å²) in [5.41, 5.74) is 1.46. The van der Waals surface area contributed by atoms with E-state index in [1.165, 1.54) is 12.1 Å². The molecule has 0 atom stereocenters. The fourth-order valence-corrected chi connectivity index (χ4v) is 1.65. The highest BCUT2D eigenvalue weighted by Crippen LogP contribution is 2.24. The highest BCUT2D eigenvalue weighted by Gasteiger charge is 2.08. The average Bonchev–Trinajstić information content (AvgIpc) is 2.32. The summed E-state index contributed by atoms with van der Waals surface area (Å²) in [7, 11) is 0. The summed E-state index contributed by atoms with van der Waals surface area (Å²) in [6.45, 7) is 0. The second-order valence-corrected chi connectivity index (χ2v) is 3.72. The largest absolute Gasteiger partial charge is 0.868 e. The Hall–Kier alpha value is -2.36. The van der Waals surface area contributed by atoms with E-state index in [0.717, 1.165) is 11.1 Å². The maximum absolute atomic E-state index is 11.2. The first-order valence-corrected chi connectivity index (χ1v) is 5.15.